The van der Waals surface area contributed by atoms with Crippen LogP contribution in [0.4, 0.5) is 26.3 Å². The summed E-state index contributed by atoms with van der Waals surface area (Å²) in [5.74, 6) is -0.702. The van der Waals surface area contributed by atoms with Crippen molar-refractivity contribution in [3.05, 3.63) is 48.0 Å². The van der Waals surface area contributed by atoms with Gasteiger partial charge in [0.1, 0.15) is 5.75 Å². The highest BCUT2D eigenvalue weighted by atomic mass is 32.2. The molecule has 2 aromatic rings. The van der Waals surface area contributed by atoms with Crippen LogP contribution in [0.5, 0.6) is 5.75 Å². The van der Waals surface area contributed by atoms with E-state index in [1.54, 1.807) is 0 Å². The van der Waals surface area contributed by atoms with Crippen LogP contribution < -0.4 is 14.8 Å². The topological polar surface area (TPSA) is 67.4 Å². The molecule has 170 valence electrons. The molecular formula is C19H18F6N2O3S. The van der Waals surface area contributed by atoms with Gasteiger partial charge in [0.2, 0.25) is 10.0 Å². The van der Waals surface area contributed by atoms with Crippen molar-refractivity contribution in [1.82, 2.24) is 10.0 Å². The first-order chi connectivity index (χ1) is 14.4. The van der Waals surface area contributed by atoms with E-state index in [1.165, 1.54) is 12.1 Å². The quantitative estimate of drug-likeness (QED) is 0.643. The van der Waals surface area contributed by atoms with Crippen LogP contribution in [0.2, 0.25) is 0 Å². The number of piperidine rings is 1. The predicted octanol–water partition coefficient (Wildman–Crippen LogP) is 4.30. The van der Waals surface area contributed by atoms with Crippen LogP contribution in [0.15, 0.2) is 47.4 Å². The highest BCUT2D eigenvalue weighted by Crippen LogP contribution is 2.40. The Balaban J connectivity index is 2.04. The number of ether oxygens (including phenoxy) is 1. The van der Waals surface area contributed by atoms with Gasteiger partial charge in [0, 0.05) is 11.6 Å². The molecule has 0 saturated carbocycles. The number of alkyl halides is 6. The number of rotatable bonds is 5. The molecule has 1 aliphatic rings. The number of hydrogen-bond acceptors (Lipinski definition) is 4. The summed E-state index contributed by atoms with van der Waals surface area (Å²) in [7, 11) is -4.52. The Morgan fingerprint density at radius 2 is 1.61 bits per heavy atom. The Kier molecular flexibility index (Phi) is 6.53. The number of sulfonamides is 1. The lowest BCUT2D eigenvalue weighted by molar-refractivity contribution is -0.274. The van der Waals surface area contributed by atoms with Crippen molar-refractivity contribution < 1.29 is 39.5 Å². The second-order valence-corrected chi connectivity index (χ2v) is 8.58. The van der Waals surface area contributed by atoms with Gasteiger partial charge in [0.05, 0.1) is 10.5 Å². The number of nitrogens with one attached hydrogen (secondary N) is 2. The van der Waals surface area contributed by atoms with E-state index in [9.17, 15) is 34.8 Å². The van der Waals surface area contributed by atoms with Crippen LogP contribution in [0.25, 0.3) is 11.1 Å². The van der Waals surface area contributed by atoms with Gasteiger partial charge in [0.15, 0.2) is 0 Å². The first-order valence-electron chi connectivity index (χ1n) is 9.16. The molecule has 2 N–H and O–H groups in total. The smallest absolute Gasteiger partial charge is 0.405 e. The van der Waals surface area contributed by atoms with Gasteiger partial charge in [0.25, 0.3) is 0 Å². The molecule has 0 unspecified atom stereocenters. The van der Waals surface area contributed by atoms with Crippen molar-refractivity contribution in [2.24, 2.45) is 0 Å². The predicted molar refractivity (Wildman–Crippen MR) is 99.8 cm³/mol. The summed E-state index contributed by atoms with van der Waals surface area (Å²) in [6.45, 7) is 1.04. The summed E-state index contributed by atoms with van der Waals surface area (Å²) < 4.78 is 111. The van der Waals surface area contributed by atoms with Gasteiger partial charge < -0.3 is 10.1 Å². The molecule has 1 saturated heterocycles. The largest absolute Gasteiger partial charge is 0.573 e. The minimum atomic E-state index is -5.06. The molecule has 0 radical (unpaired) electrons. The zero-order valence-electron chi connectivity index (χ0n) is 15.8. The highest BCUT2D eigenvalue weighted by Gasteiger charge is 2.39. The lowest BCUT2D eigenvalue weighted by Gasteiger charge is -2.24. The standard InChI is InChI=1S/C19H18F6N2O3S/c20-18(21,22)15-11-12(14-3-1-2-4-16(14)30-19(23,24)25)5-6-17(15)31(28,29)27-13-7-9-26-10-8-13/h1-6,11,13,26-27H,7-10H2. The van der Waals surface area contributed by atoms with Crippen molar-refractivity contribution in [3.8, 4) is 16.9 Å². The lowest BCUT2D eigenvalue weighted by Crippen LogP contribution is -2.43. The van der Waals surface area contributed by atoms with Crippen LogP contribution in [0.3, 0.4) is 0 Å². The Morgan fingerprint density at radius 3 is 2.23 bits per heavy atom. The van der Waals surface area contributed by atoms with Crippen LogP contribution in [0, 0.1) is 0 Å². The summed E-state index contributed by atoms with van der Waals surface area (Å²) in [6.07, 6.45) is -9.28. The molecule has 3 rings (SSSR count). The van der Waals surface area contributed by atoms with Crippen LogP contribution in [-0.4, -0.2) is 33.9 Å². The first-order valence-corrected chi connectivity index (χ1v) is 10.6. The lowest BCUT2D eigenvalue weighted by atomic mass is 10.0. The molecule has 12 heteroatoms. The van der Waals surface area contributed by atoms with E-state index in [-0.39, 0.29) is 11.1 Å². The van der Waals surface area contributed by atoms with Gasteiger partial charge in [-0.05, 0) is 49.7 Å². The molecule has 1 fully saturated rings. The average molecular weight is 468 g/mol. The Bertz CT molecular complexity index is 1030. The summed E-state index contributed by atoms with van der Waals surface area (Å²) in [4.78, 5) is -0.989. The third kappa shape index (κ3) is 5.89. The Hall–Kier alpha value is -2.31. The summed E-state index contributed by atoms with van der Waals surface area (Å²) in [5.41, 5.74) is -2.01. The van der Waals surface area contributed by atoms with E-state index in [4.69, 9.17) is 0 Å². The average Bonchev–Trinajstić information content (AvgIpc) is 2.66. The Labute approximate surface area is 174 Å². The third-order valence-electron chi connectivity index (χ3n) is 4.66. The molecule has 5 nitrogen and oxygen atoms in total. The third-order valence-corrected chi connectivity index (χ3v) is 6.24. The van der Waals surface area contributed by atoms with Crippen molar-refractivity contribution in [2.45, 2.75) is 36.3 Å². The van der Waals surface area contributed by atoms with Gasteiger partial charge in [-0.2, -0.15) is 13.2 Å². The minimum absolute atomic E-state index is 0.263. The van der Waals surface area contributed by atoms with Crippen LogP contribution in [0.1, 0.15) is 18.4 Å². The normalized spacial score (nSPS) is 16.3. The van der Waals surface area contributed by atoms with E-state index in [1.807, 2.05) is 0 Å². The van der Waals surface area contributed by atoms with Crippen molar-refractivity contribution in [3.63, 3.8) is 0 Å². The van der Waals surface area contributed by atoms with E-state index in [0.29, 0.717) is 32.0 Å². The minimum Gasteiger partial charge on any atom is -0.405 e. The molecule has 0 atom stereocenters. The zero-order chi connectivity index (χ0) is 22.9. The van der Waals surface area contributed by atoms with Gasteiger partial charge >= 0.3 is 12.5 Å². The van der Waals surface area contributed by atoms with Crippen LogP contribution in [-0.2, 0) is 16.2 Å². The molecule has 0 aliphatic carbocycles. The fourth-order valence-corrected chi connectivity index (χ4v) is 4.81. The highest BCUT2D eigenvalue weighted by molar-refractivity contribution is 7.89. The molecule has 2 aromatic carbocycles. The SMILES string of the molecule is O=S(=O)(NC1CCNCC1)c1ccc(-c2ccccc2OC(F)(F)F)cc1C(F)(F)F. The van der Waals surface area contributed by atoms with Gasteiger partial charge in [-0.25, -0.2) is 13.1 Å². The van der Waals surface area contributed by atoms with E-state index in [0.717, 1.165) is 24.3 Å². The molecular weight excluding hydrogens is 450 g/mol. The Morgan fingerprint density at radius 1 is 0.968 bits per heavy atom. The first kappa shape index (κ1) is 23.4. The second-order valence-electron chi connectivity index (χ2n) is 6.90. The second kappa shape index (κ2) is 8.67. The fourth-order valence-electron chi connectivity index (χ4n) is 3.29. The molecule has 31 heavy (non-hydrogen) atoms. The fraction of sp³-hybridized carbons (Fsp3) is 0.368. The maximum atomic E-state index is 13.7. The summed E-state index contributed by atoms with van der Waals surface area (Å²) >= 11 is 0. The van der Waals surface area contributed by atoms with Crippen molar-refractivity contribution >= 4 is 10.0 Å². The number of halogens is 6. The molecule has 0 bridgehead atoms. The van der Waals surface area contributed by atoms with E-state index >= 15 is 0 Å². The van der Waals surface area contributed by atoms with Gasteiger partial charge in [-0.15, -0.1) is 13.2 Å². The summed E-state index contributed by atoms with van der Waals surface area (Å²) in [6, 6.07) is 6.42. The van der Waals surface area contributed by atoms with Gasteiger partial charge in [-0.3, -0.25) is 0 Å². The molecule has 1 heterocycles. The molecule has 0 amide bonds. The number of benzene rings is 2. The molecule has 0 spiro atoms. The monoisotopic (exact) mass is 468 g/mol. The van der Waals surface area contributed by atoms with Gasteiger partial charge in [-0.1, -0.05) is 24.3 Å². The van der Waals surface area contributed by atoms with E-state index < -0.39 is 44.8 Å². The van der Waals surface area contributed by atoms with Crippen LogP contribution >= 0.6 is 0 Å². The maximum Gasteiger partial charge on any atom is 0.573 e. The maximum absolute atomic E-state index is 13.7. The number of hydrogen-bond donors (Lipinski definition) is 2. The van der Waals surface area contributed by atoms with Crippen molar-refractivity contribution in [2.75, 3.05) is 13.1 Å². The molecule has 1 aliphatic heterocycles. The summed E-state index contributed by atoms with van der Waals surface area (Å²) in [5, 5.41) is 3.02. The van der Waals surface area contributed by atoms with Crippen molar-refractivity contribution in [1.29, 1.82) is 0 Å². The van der Waals surface area contributed by atoms with E-state index in [2.05, 4.69) is 14.8 Å². The molecule has 0 aromatic heterocycles. The zero-order valence-corrected chi connectivity index (χ0v) is 16.7. The number of para-hydroxylation sites is 1.